The predicted octanol–water partition coefficient (Wildman–Crippen LogP) is 7.66. The van der Waals surface area contributed by atoms with Gasteiger partial charge in [-0.05, 0) is 66.4 Å². The highest BCUT2D eigenvalue weighted by Crippen LogP contribution is 2.56. The summed E-state index contributed by atoms with van der Waals surface area (Å²) < 4.78 is 31.8. The fourth-order valence-corrected chi connectivity index (χ4v) is 6.49. The van der Waals surface area contributed by atoms with Crippen LogP contribution in [-0.4, -0.2) is 40.5 Å². The van der Waals surface area contributed by atoms with E-state index >= 15 is 8.78 Å². The zero-order valence-electron chi connectivity index (χ0n) is 23.6. The second kappa shape index (κ2) is 12.0. The number of carboxylic acids is 1. The smallest absolute Gasteiger partial charge is 0.335 e. The minimum absolute atomic E-state index is 0.00702. The Morgan fingerprint density at radius 1 is 1.10 bits per heavy atom. The van der Waals surface area contributed by atoms with E-state index in [4.69, 9.17) is 23.2 Å². The van der Waals surface area contributed by atoms with Crippen molar-refractivity contribution >= 4 is 40.8 Å². The largest absolute Gasteiger partial charge is 0.478 e. The first-order valence-electron chi connectivity index (χ1n) is 13.5. The Morgan fingerprint density at radius 3 is 2.31 bits per heavy atom. The number of carbonyl (C=O) groups excluding carboxylic acids is 1. The molecule has 3 aromatic rings. The molecule has 220 valence electrons. The van der Waals surface area contributed by atoms with Crippen LogP contribution in [0.4, 0.5) is 14.5 Å². The fraction of sp³-hybridized carbons (Fsp3) is 0.344. The third-order valence-corrected chi connectivity index (χ3v) is 8.33. The molecule has 3 aromatic carbocycles. The topological polar surface area (TPSA) is 93.4 Å². The van der Waals surface area contributed by atoms with E-state index in [-0.39, 0.29) is 38.7 Å². The third-order valence-electron chi connectivity index (χ3n) is 7.81. The minimum atomic E-state index is -1.74. The molecule has 0 aromatic heterocycles. The number of carbonyl (C=O) groups is 2. The maximum absolute atomic E-state index is 15.9. The number of anilines is 1. The summed E-state index contributed by atoms with van der Waals surface area (Å²) in [6, 6.07) is 14.5. The van der Waals surface area contributed by atoms with Gasteiger partial charge in [0.25, 0.3) is 0 Å². The van der Waals surface area contributed by atoms with Crippen LogP contribution in [0.5, 0.6) is 0 Å². The molecule has 2 N–H and O–H groups in total. The van der Waals surface area contributed by atoms with E-state index in [1.54, 1.807) is 0 Å². The summed E-state index contributed by atoms with van der Waals surface area (Å²) in [6.07, 6.45) is 0.367. The lowest BCUT2D eigenvalue weighted by Crippen LogP contribution is -2.47. The van der Waals surface area contributed by atoms with E-state index in [2.05, 4.69) is 11.4 Å². The third kappa shape index (κ3) is 5.74. The average Bonchev–Trinajstić information content (AvgIpc) is 3.19. The van der Waals surface area contributed by atoms with Gasteiger partial charge < -0.3 is 10.4 Å². The molecule has 42 heavy (non-hydrogen) atoms. The van der Waals surface area contributed by atoms with Crippen LogP contribution < -0.4 is 5.32 Å². The molecule has 0 bridgehead atoms. The number of likely N-dealkylation sites (N-methyl/N-ethyl adjacent to an activating group) is 1. The summed E-state index contributed by atoms with van der Waals surface area (Å²) in [5.41, 5.74) is -1.75. The van der Waals surface area contributed by atoms with Crippen molar-refractivity contribution in [3.05, 3.63) is 99.0 Å². The van der Waals surface area contributed by atoms with Gasteiger partial charge >= 0.3 is 5.97 Å². The number of nitriles is 1. The Balaban J connectivity index is 2.01. The van der Waals surface area contributed by atoms with Crippen LogP contribution in [0.2, 0.25) is 10.0 Å². The zero-order chi connectivity index (χ0) is 31.0. The van der Waals surface area contributed by atoms with Gasteiger partial charge in [-0.3, -0.25) is 9.69 Å². The van der Waals surface area contributed by atoms with Gasteiger partial charge in [0, 0.05) is 28.2 Å². The van der Waals surface area contributed by atoms with E-state index in [0.29, 0.717) is 12.1 Å². The Labute approximate surface area is 253 Å². The number of hydrogen-bond acceptors (Lipinski definition) is 4. The normalized spacial score (nSPS) is 22.5. The van der Waals surface area contributed by atoms with Gasteiger partial charge in [-0.2, -0.15) is 5.26 Å². The first-order chi connectivity index (χ1) is 19.7. The van der Waals surface area contributed by atoms with E-state index in [1.807, 2.05) is 32.6 Å². The van der Waals surface area contributed by atoms with E-state index in [0.717, 1.165) is 6.07 Å². The van der Waals surface area contributed by atoms with Crippen molar-refractivity contribution < 1.29 is 23.5 Å². The highest BCUT2D eigenvalue weighted by Gasteiger charge is 2.64. The molecule has 0 aliphatic carbocycles. The van der Waals surface area contributed by atoms with Crippen LogP contribution in [0.15, 0.2) is 60.7 Å². The number of amides is 1. The van der Waals surface area contributed by atoms with Crippen molar-refractivity contribution in [1.29, 1.82) is 5.26 Å². The highest BCUT2D eigenvalue weighted by molar-refractivity contribution is 6.31. The van der Waals surface area contributed by atoms with Gasteiger partial charge in [0.05, 0.1) is 22.7 Å². The first-order valence-corrected chi connectivity index (χ1v) is 14.2. The molecule has 0 saturated carbocycles. The van der Waals surface area contributed by atoms with Crippen molar-refractivity contribution in [2.45, 2.75) is 57.5 Å². The summed E-state index contributed by atoms with van der Waals surface area (Å²) in [5.74, 6) is -4.41. The van der Waals surface area contributed by atoms with Gasteiger partial charge in [-0.15, -0.1) is 0 Å². The highest BCUT2D eigenvalue weighted by atomic mass is 35.5. The SMILES string of the molecule is CCN1[C@@H](CC(C)(C)C)[C@](C#N)(c2ccc(Cl)cc2F)[C@@H](c2cccc(Cl)c2F)[C@@H]1C(=O)Nc1ccc(C(=O)O)cc1. The molecule has 4 atom stereocenters. The zero-order valence-corrected chi connectivity index (χ0v) is 25.1. The van der Waals surface area contributed by atoms with Crippen LogP contribution in [-0.2, 0) is 10.2 Å². The molecule has 1 heterocycles. The van der Waals surface area contributed by atoms with Crippen molar-refractivity contribution in [3.63, 3.8) is 0 Å². The van der Waals surface area contributed by atoms with Crippen molar-refractivity contribution in [1.82, 2.24) is 4.90 Å². The lowest BCUT2D eigenvalue weighted by Gasteiger charge is -2.39. The van der Waals surface area contributed by atoms with Crippen molar-refractivity contribution in [2.75, 3.05) is 11.9 Å². The molecule has 0 spiro atoms. The average molecular weight is 615 g/mol. The van der Waals surface area contributed by atoms with Gasteiger partial charge in [0.1, 0.15) is 17.0 Å². The molecule has 1 aliphatic rings. The van der Waals surface area contributed by atoms with Crippen molar-refractivity contribution in [3.8, 4) is 6.07 Å². The Bertz CT molecular complexity index is 1550. The summed E-state index contributed by atoms with van der Waals surface area (Å²) in [5, 5.41) is 23.1. The molecule has 1 amide bonds. The van der Waals surface area contributed by atoms with Crippen molar-refractivity contribution in [2.24, 2.45) is 5.41 Å². The number of aromatic carboxylic acids is 1. The second-order valence-corrected chi connectivity index (χ2v) is 12.5. The molecule has 4 rings (SSSR count). The quantitative estimate of drug-likeness (QED) is 0.285. The molecule has 1 aliphatic heterocycles. The van der Waals surface area contributed by atoms with E-state index in [1.165, 1.54) is 54.6 Å². The lowest BCUT2D eigenvalue weighted by atomic mass is 9.62. The summed E-state index contributed by atoms with van der Waals surface area (Å²) in [7, 11) is 0. The Kier molecular flexibility index (Phi) is 8.98. The molecular formula is C32H31Cl2F2N3O3. The number of likely N-dealkylation sites (tertiary alicyclic amines) is 1. The summed E-state index contributed by atoms with van der Waals surface area (Å²) in [4.78, 5) is 27.4. The van der Waals surface area contributed by atoms with Crippen LogP contribution in [0, 0.1) is 28.4 Å². The molecule has 1 saturated heterocycles. The standard InChI is InChI=1S/C32H31Cl2F2N3O3/c1-5-39-25(16-31(2,3)4)32(17-37,22-14-11-19(33)15-24(22)35)26(21-7-6-8-23(34)27(21)36)28(39)29(40)38-20-12-9-18(10-13-20)30(41)42/h6-15,25-26,28H,5,16H2,1-4H3,(H,38,40)(H,41,42)/t25-,26-,28+,32-/m0/s1. The van der Waals surface area contributed by atoms with Gasteiger partial charge in [-0.1, -0.05) is 69.1 Å². The van der Waals surface area contributed by atoms with E-state index in [9.17, 15) is 20.0 Å². The molecular weight excluding hydrogens is 583 g/mol. The Hall–Kier alpha value is -3.51. The number of halogens is 4. The Morgan fingerprint density at radius 2 is 1.76 bits per heavy atom. The maximum atomic E-state index is 15.9. The number of rotatable bonds is 7. The lowest BCUT2D eigenvalue weighted by molar-refractivity contribution is -0.121. The maximum Gasteiger partial charge on any atom is 0.335 e. The summed E-state index contributed by atoms with van der Waals surface area (Å²) >= 11 is 12.3. The number of carboxylic acid groups (broad SMARTS) is 1. The van der Waals surface area contributed by atoms with E-state index < -0.39 is 46.9 Å². The number of nitrogens with one attached hydrogen (secondary N) is 1. The molecule has 10 heteroatoms. The number of nitrogens with zero attached hydrogens (tertiary/aromatic N) is 2. The summed E-state index contributed by atoms with van der Waals surface area (Å²) in [6.45, 7) is 8.05. The molecule has 0 unspecified atom stereocenters. The number of hydrogen-bond donors (Lipinski definition) is 2. The second-order valence-electron chi connectivity index (χ2n) is 11.7. The van der Waals surface area contributed by atoms with Gasteiger partial charge in [0.15, 0.2) is 0 Å². The van der Waals surface area contributed by atoms with Crippen LogP contribution >= 0.6 is 23.2 Å². The minimum Gasteiger partial charge on any atom is -0.478 e. The molecule has 1 fully saturated rings. The molecule has 0 radical (unpaired) electrons. The van der Waals surface area contributed by atoms with Gasteiger partial charge in [-0.25, -0.2) is 13.6 Å². The van der Waals surface area contributed by atoms with Crippen LogP contribution in [0.3, 0.4) is 0 Å². The van der Waals surface area contributed by atoms with Crippen LogP contribution in [0.1, 0.15) is 61.5 Å². The monoisotopic (exact) mass is 613 g/mol. The predicted molar refractivity (Wildman–Crippen MR) is 159 cm³/mol. The van der Waals surface area contributed by atoms with Crippen LogP contribution in [0.25, 0.3) is 0 Å². The fourth-order valence-electron chi connectivity index (χ4n) is 6.15. The number of benzene rings is 3. The molecule has 6 nitrogen and oxygen atoms in total. The first kappa shape index (κ1) is 31.4. The van der Waals surface area contributed by atoms with Gasteiger partial charge in [0.2, 0.25) is 5.91 Å².